The number of ether oxygens (including phenoxy) is 1. The number of aromatic nitrogens is 2. The van der Waals surface area contributed by atoms with Gasteiger partial charge in [-0.2, -0.15) is 4.98 Å². The van der Waals surface area contributed by atoms with Crippen LogP contribution < -0.4 is 5.73 Å². The van der Waals surface area contributed by atoms with Gasteiger partial charge in [-0.1, -0.05) is 45.2 Å². The summed E-state index contributed by atoms with van der Waals surface area (Å²) in [6.45, 7) is 6.20. The monoisotopic (exact) mass is 281 g/mol. The summed E-state index contributed by atoms with van der Waals surface area (Å²) in [5, 5.41) is 4.11. The molecule has 0 amide bonds. The van der Waals surface area contributed by atoms with Gasteiger partial charge in [-0.05, 0) is 24.2 Å². The number of nitrogens with zero attached hydrogens (tertiary/aromatic N) is 2. The van der Waals surface area contributed by atoms with E-state index in [9.17, 15) is 0 Å². The van der Waals surface area contributed by atoms with Gasteiger partial charge in [-0.25, -0.2) is 0 Å². The lowest BCUT2D eigenvalue weighted by atomic mass is 9.85. The molecule has 1 aromatic rings. The Kier molecular flexibility index (Phi) is 4.81. The van der Waals surface area contributed by atoms with Crippen molar-refractivity contribution in [3.05, 3.63) is 11.7 Å². The number of methoxy groups -OCH3 is 1. The van der Waals surface area contributed by atoms with Gasteiger partial charge in [0.15, 0.2) is 0 Å². The number of rotatable bonds is 4. The number of hydrogen-bond acceptors (Lipinski definition) is 5. The molecule has 1 aromatic heterocycles. The van der Waals surface area contributed by atoms with E-state index in [0.717, 1.165) is 0 Å². The van der Waals surface area contributed by atoms with Crippen molar-refractivity contribution in [1.82, 2.24) is 10.1 Å². The molecule has 0 aliphatic heterocycles. The Morgan fingerprint density at radius 2 is 1.90 bits per heavy atom. The zero-order valence-corrected chi connectivity index (χ0v) is 13.1. The quantitative estimate of drug-likeness (QED) is 0.915. The van der Waals surface area contributed by atoms with Gasteiger partial charge >= 0.3 is 0 Å². The first-order chi connectivity index (χ1) is 9.43. The van der Waals surface area contributed by atoms with Crippen LogP contribution in [-0.4, -0.2) is 17.3 Å². The van der Waals surface area contributed by atoms with Gasteiger partial charge in [-0.3, -0.25) is 0 Å². The van der Waals surface area contributed by atoms with E-state index in [1.165, 1.54) is 32.1 Å². The normalized spacial score (nSPS) is 20.9. The summed E-state index contributed by atoms with van der Waals surface area (Å²) >= 11 is 0. The zero-order valence-electron chi connectivity index (χ0n) is 13.1. The van der Waals surface area contributed by atoms with Gasteiger partial charge in [0.25, 0.3) is 0 Å². The smallest absolute Gasteiger partial charge is 0.244 e. The molecule has 2 atom stereocenters. The molecule has 0 spiro atoms. The molecular formula is C15H27N3O2. The summed E-state index contributed by atoms with van der Waals surface area (Å²) in [6.07, 6.45) is 6.12. The highest BCUT2D eigenvalue weighted by molar-refractivity contribution is 5.00. The summed E-state index contributed by atoms with van der Waals surface area (Å²) in [6, 6.07) is -0.257. The molecule has 1 heterocycles. The van der Waals surface area contributed by atoms with Crippen LogP contribution in [0, 0.1) is 11.3 Å². The first-order valence-corrected chi connectivity index (χ1v) is 7.55. The lowest BCUT2D eigenvalue weighted by Crippen LogP contribution is -2.26. The molecule has 0 bridgehead atoms. The molecule has 0 radical (unpaired) electrons. The second-order valence-electron chi connectivity index (χ2n) is 6.89. The van der Waals surface area contributed by atoms with Crippen LogP contribution in [0.5, 0.6) is 0 Å². The Morgan fingerprint density at radius 1 is 1.25 bits per heavy atom. The molecule has 114 valence electrons. The van der Waals surface area contributed by atoms with Gasteiger partial charge in [0.1, 0.15) is 6.10 Å². The van der Waals surface area contributed by atoms with E-state index >= 15 is 0 Å². The third-order valence-corrected chi connectivity index (χ3v) is 4.24. The first kappa shape index (κ1) is 15.4. The van der Waals surface area contributed by atoms with Gasteiger partial charge in [-0.15, -0.1) is 0 Å². The van der Waals surface area contributed by atoms with Crippen LogP contribution in [0.4, 0.5) is 0 Å². The largest absolute Gasteiger partial charge is 0.373 e. The second-order valence-corrected chi connectivity index (χ2v) is 6.89. The van der Waals surface area contributed by atoms with Gasteiger partial charge in [0, 0.05) is 7.11 Å². The standard InChI is InChI=1S/C15H27N3O2/c1-15(2,3)12(16)14-17-13(18-20-14)11(19-4)10-8-6-5-7-9-10/h10-12H,5-9,16H2,1-4H3. The fraction of sp³-hybridized carbons (Fsp3) is 0.867. The van der Waals surface area contributed by atoms with Crippen LogP contribution in [0.3, 0.4) is 0 Å². The van der Waals surface area contributed by atoms with E-state index in [4.69, 9.17) is 15.0 Å². The predicted molar refractivity (Wildman–Crippen MR) is 77.0 cm³/mol. The van der Waals surface area contributed by atoms with Crippen LogP contribution in [0.25, 0.3) is 0 Å². The number of hydrogen-bond donors (Lipinski definition) is 1. The highest BCUT2D eigenvalue weighted by Gasteiger charge is 2.32. The third kappa shape index (κ3) is 3.38. The average Bonchev–Trinajstić information content (AvgIpc) is 2.88. The van der Waals surface area contributed by atoms with Crippen molar-refractivity contribution in [3.8, 4) is 0 Å². The van der Waals surface area contributed by atoms with E-state index < -0.39 is 0 Å². The molecule has 0 saturated heterocycles. The van der Waals surface area contributed by atoms with E-state index in [-0.39, 0.29) is 17.6 Å². The fourth-order valence-corrected chi connectivity index (χ4v) is 2.81. The molecule has 2 rings (SSSR count). The van der Waals surface area contributed by atoms with Gasteiger partial charge in [0.2, 0.25) is 11.7 Å². The molecule has 5 heteroatoms. The number of nitrogens with two attached hydrogens (primary N) is 1. The molecule has 1 aliphatic rings. The predicted octanol–water partition coefficient (Wildman–Crippen LogP) is 3.38. The van der Waals surface area contributed by atoms with Crippen LogP contribution in [0.15, 0.2) is 4.52 Å². The SMILES string of the molecule is COC(c1noc(C(N)C(C)(C)C)n1)C1CCCCC1. The first-order valence-electron chi connectivity index (χ1n) is 7.55. The highest BCUT2D eigenvalue weighted by atomic mass is 16.5. The van der Waals surface area contributed by atoms with Gasteiger partial charge < -0.3 is 15.0 Å². The van der Waals surface area contributed by atoms with Gasteiger partial charge in [0.05, 0.1) is 6.04 Å². The molecule has 1 fully saturated rings. The molecule has 2 unspecified atom stereocenters. The maximum atomic E-state index is 6.17. The minimum atomic E-state index is -0.257. The Labute approximate surface area is 121 Å². The molecule has 2 N–H and O–H groups in total. The van der Waals surface area contributed by atoms with Crippen molar-refractivity contribution in [3.63, 3.8) is 0 Å². The molecule has 5 nitrogen and oxygen atoms in total. The van der Waals surface area contributed by atoms with Crippen molar-refractivity contribution in [2.45, 2.75) is 65.0 Å². The summed E-state index contributed by atoms with van der Waals surface area (Å²) in [7, 11) is 1.72. The molecule has 1 aliphatic carbocycles. The van der Waals surface area contributed by atoms with E-state index in [0.29, 0.717) is 17.6 Å². The van der Waals surface area contributed by atoms with Crippen molar-refractivity contribution in [2.75, 3.05) is 7.11 Å². The Bertz CT molecular complexity index is 419. The van der Waals surface area contributed by atoms with Crippen LogP contribution in [0.2, 0.25) is 0 Å². The summed E-state index contributed by atoms with van der Waals surface area (Å²) in [5.74, 6) is 1.64. The van der Waals surface area contributed by atoms with Crippen molar-refractivity contribution >= 4 is 0 Å². The maximum absolute atomic E-state index is 6.17. The lowest BCUT2D eigenvalue weighted by molar-refractivity contribution is 0.0273. The second kappa shape index (κ2) is 6.22. The van der Waals surface area contributed by atoms with Crippen LogP contribution >= 0.6 is 0 Å². The lowest BCUT2D eigenvalue weighted by Gasteiger charge is -2.27. The Balaban J connectivity index is 2.13. The molecular weight excluding hydrogens is 254 g/mol. The topological polar surface area (TPSA) is 74.2 Å². The summed E-state index contributed by atoms with van der Waals surface area (Å²) in [5.41, 5.74) is 6.07. The maximum Gasteiger partial charge on any atom is 0.244 e. The Hall–Kier alpha value is -0.940. The molecule has 0 aromatic carbocycles. The Morgan fingerprint density at radius 3 is 2.45 bits per heavy atom. The van der Waals surface area contributed by atoms with E-state index in [1.807, 2.05) is 0 Å². The van der Waals surface area contributed by atoms with Crippen LogP contribution in [0.1, 0.15) is 76.7 Å². The summed E-state index contributed by atoms with van der Waals surface area (Å²) in [4.78, 5) is 4.50. The van der Waals surface area contributed by atoms with Crippen molar-refractivity contribution in [2.24, 2.45) is 17.1 Å². The highest BCUT2D eigenvalue weighted by Crippen LogP contribution is 2.36. The van der Waals surface area contributed by atoms with E-state index in [2.05, 4.69) is 30.9 Å². The van der Waals surface area contributed by atoms with Crippen molar-refractivity contribution in [1.29, 1.82) is 0 Å². The molecule has 20 heavy (non-hydrogen) atoms. The van der Waals surface area contributed by atoms with Crippen molar-refractivity contribution < 1.29 is 9.26 Å². The summed E-state index contributed by atoms with van der Waals surface area (Å²) < 4.78 is 11.0. The minimum Gasteiger partial charge on any atom is -0.373 e. The average molecular weight is 281 g/mol. The zero-order chi connectivity index (χ0) is 14.8. The fourth-order valence-electron chi connectivity index (χ4n) is 2.81. The molecule has 1 saturated carbocycles. The van der Waals surface area contributed by atoms with E-state index in [1.54, 1.807) is 7.11 Å². The third-order valence-electron chi connectivity index (χ3n) is 4.24. The van der Waals surface area contributed by atoms with Crippen LogP contribution in [-0.2, 0) is 4.74 Å². The minimum absolute atomic E-state index is 0.0695.